The van der Waals surface area contributed by atoms with Crippen molar-refractivity contribution in [2.75, 3.05) is 0 Å². The summed E-state index contributed by atoms with van der Waals surface area (Å²) >= 11 is 0. The average molecular weight is 1730 g/mol. The summed E-state index contributed by atoms with van der Waals surface area (Å²) in [6.07, 6.45) is 2.48. The molecule has 0 atom stereocenters. The second kappa shape index (κ2) is 36.6. The van der Waals surface area contributed by atoms with E-state index in [1.54, 1.807) is 0 Å². The zero-order valence-electron chi connectivity index (χ0n) is 73.8. The van der Waals surface area contributed by atoms with Crippen LogP contribution in [0.25, 0.3) is 214 Å². The first kappa shape index (κ1) is 81.7. The highest BCUT2D eigenvalue weighted by Crippen LogP contribution is 2.50. The second-order valence-corrected chi connectivity index (χ2v) is 34.0. The monoisotopic (exact) mass is 1720 g/mol. The minimum atomic E-state index is 0.657. The maximum Gasteiger partial charge on any atom is 0.164 e. The van der Waals surface area contributed by atoms with E-state index in [0.29, 0.717) is 52.4 Å². The standard InChI is InChI=1S/C46H31N3.2C40H27N3/c1-4-12-31(13-5-1)33-22-26-36(27-23-33)44-47-45(37-28-24-34(25-29-37)32-14-6-2-7-15-32)49-46(48-44)41-21-11-20-40-39-19-10-18-38(42(39)30-43(40)41)35-16-8-3-9-17-35;1-4-13-27(14-5-1)30-19-10-20-31(25-30)39-41-38(29-17-8-3-9-18-29)42-40(43-39)35-24-12-23-34-33-22-11-21-32(36(33)26-37(34)35)28-15-6-2-7-16-28;1-4-12-27(13-5-1)28-22-24-31(25-23-28)39-41-38(30-16-8-3-9-17-30)42-40(43-39)35-21-11-20-34-33-19-10-18-32(36(33)26-37(34)35)29-14-6-2-7-15-29/h1-29H,30H2;2*1-25H,26H2. The number of fused-ring (bicyclic) bond motifs is 9. The van der Waals surface area contributed by atoms with E-state index in [1.807, 2.05) is 60.7 Å². The lowest BCUT2D eigenvalue weighted by Gasteiger charge is -2.12. The molecule has 9 heteroatoms. The maximum atomic E-state index is 5.17. The van der Waals surface area contributed by atoms with E-state index in [4.69, 9.17) is 44.9 Å². The third-order valence-corrected chi connectivity index (χ3v) is 25.9. The van der Waals surface area contributed by atoms with Crippen LogP contribution in [0.2, 0.25) is 0 Å². The van der Waals surface area contributed by atoms with Crippen LogP contribution in [0.3, 0.4) is 0 Å². The molecule has 3 aliphatic carbocycles. The van der Waals surface area contributed by atoms with Crippen molar-refractivity contribution < 1.29 is 0 Å². The molecule has 0 saturated carbocycles. The summed E-state index contributed by atoms with van der Waals surface area (Å²) < 4.78 is 0. The largest absolute Gasteiger partial charge is 0.208 e. The number of benzene rings is 19. The van der Waals surface area contributed by atoms with Gasteiger partial charge in [0.25, 0.3) is 0 Å². The zero-order chi connectivity index (χ0) is 89.8. The SMILES string of the molecule is c1ccc(-c2ccc(-c3nc(-c4ccc(-c5ccccc5)cc4)nc(-c4cccc5c4Cc4c(-c6ccccc6)cccc4-5)n3)cc2)cc1.c1ccc(-c2ccc(-c3nc(-c4ccccc4)nc(-c4cccc5c4Cc4c(-c6ccccc6)cccc4-5)n3)cc2)cc1.c1ccc(-c2cccc(-c3nc(-c4ccccc4)nc(-c4cccc5c4Cc4c(-c6ccccc6)cccc4-5)n3)c2)cc1. The Balaban J connectivity index is 0.000000114. The molecule has 0 aliphatic heterocycles. The van der Waals surface area contributed by atoms with Crippen molar-refractivity contribution in [1.29, 1.82) is 0 Å². The summed E-state index contributed by atoms with van der Waals surface area (Å²) in [5.74, 6) is 6.07. The predicted octanol–water partition coefficient (Wildman–Crippen LogP) is 31.0. The Hall–Kier alpha value is -17.8. The predicted molar refractivity (Wildman–Crippen MR) is 551 cm³/mol. The summed E-state index contributed by atoms with van der Waals surface area (Å²) in [5.41, 5.74) is 41.2. The smallest absolute Gasteiger partial charge is 0.164 e. The van der Waals surface area contributed by atoms with Crippen LogP contribution in [0.1, 0.15) is 33.4 Å². The van der Waals surface area contributed by atoms with Gasteiger partial charge >= 0.3 is 0 Å². The first-order chi connectivity index (χ1) is 66.9. The van der Waals surface area contributed by atoms with Gasteiger partial charge in [0.05, 0.1) is 0 Å². The number of hydrogen-bond acceptors (Lipinski definition) is 9. The third kappa shape index (κ3) is 16.6. The molecule has 135 heavy (non-hydrogen) atoms. The molecule has 0 fully saturated rings. The molecule has 0 bridgehead atoms. The Morgan fingerprint density at radius 2 is 0.244 bits per heavy atom. The van der Waals surface area contributed by atoms with Crippen molar-refractivity contribution in [3.8, 4) is 214 Å². The fourth-order valence-corrected chi connectivity index (χ4v) is 19.2. The van der Waals surface area contributed by atoms with Crippen LogP contribution in [-0.2, 0) is 19.3 Å². The van der Waals surface area contributed by atoms with Crippen molar-refractivity contribution in [2.24, 2.45) is 0 Å². The molecule has 0 N–H and O–H groups in total. The van der Waals surface area contributed by atoms with Crippen molar-refractivity contribution >= 4 is 0 Å². The molecular formula is C126H85N9. The van der Waals surface area contributed by atoms with E-state index in [1.165, 1.54) is 117 Å². The van der Waals surface area contributed by atoms with Crippen LogP contribution < -0.4 is 0 Å². The Morgan fingerprint density at radius 3 is 0.496 bits per heavy atom. The van der Waals surface area contributed by atoms with Gasteiger partial charge in [0, 0.05) is 69.3 Å². The topological polar surface area (TPSA) is 116 Å². The number of nitrogens with zero attached hydrogens (tertiary/aromatic N) is 9. The summed E-state index contributed by atoms with van der Waals surface area (Å²) in [6, 6.07) is 167. The van der Waals surface area contributed by atoms with Crippen molar-refractivity contribution in [1.82, 2.24) is 44.9 Å². The first-order valence-corrected chi connectivity index (χ1v) is 45.8. The molecule has 634 valence electrons. The molecule has 9 nitrogen and oxygen atoms in total. The Kier molecular flexibility index (Phi) is 22.2. The fraction of sp³-hybridized carbons (Fsp3) is 0.0238. The van der Waals surface area contributed by atoms with E-state index in [0.717, 1.165) is 97.2 Å². The van der Waals surface area contributed by atoms with E-state index in [9.17, 15) is 0 Å². The van der Waals surface area contributed by atoms with Gasteiger partial charge < -0.3 is 0 Å². The van der Waals surface area contributed by atoms with Crippen molar-refractivity contribution in [3.63, 3.8) is 0 Å². The van der Waals surface area contributed by atoms with E-state index in [2.05, 4.69) is 419 Å². The summed E-state index contributed by atoms with van der Waals surface area (Å²) in [6.45, 7) is 0. The summed E-state index contributed by atoms with van der Waals surface area (Å²) in [5, 5.41) is 0. The molecule has 3 aromatic heterocycles. The maximum absolute atomic E-state index is 5.17. The summed E-state index contributed by atoms with van der Waals surface area (Å²) in [7, 11) is 0. The highest BCUT2D eigenvalue weighted by Gasteiger charge is 2.31. The normalized spacial score (nSPS) is 11.6. The average Bonchev–Trinajstić information content (AvgIpc) is 1.63. The zero-order valence-corrected chi connectivity index (χ0v) is 73.8. The molecule has 3 aliphatic rings. The fourth-order valence-electron chi connectivity index (χ4n) is 19.2. The quantitative estimate of drug-likeness (QED) is 0.0932. The van der Waals surface area contributed by atoms with E-state index >= 15 is 0 Å². The number of aromatic nitrogens is 9. The van der Waals surface area contributed by atoms with Gasteiger partial charge in [-0.3, -0.25) is 0 Å². The second-order valence-electron chi connectivity index (χ2n) is 34.0. The minimum absolute atomic E-state index is 0.657. The molecule has 22 aromatic rings. The molecule has 19 aromatic carbocycles. The van der Waals surface area contributed by atoms with Gasteiger partial charge in [-0.05, 0) is 151 Å². The van der Waals surface area contributed by atoms with Gasteiger partial charge in [-0.2, -0.15) is 0 Å². The molecular weight excluding hydrogens is 1640 g/mol. The molecule has 0 amide bonds. The van der Waals surface area contributed by atoms with Crippen molar-refractivity contribution in [3.05, 3.63) is 513 Å². The Morgan fingerprint density at radius 1 is 0.0963 bits per heavy atom. The van der Waals surface area contributed by atoms with Crippen LogP contribution in [0.4, 0.5) is 0 Å². The van der Waals surface area contributed by atoms with Crippen LogP contribution in [0.5, 0.6) is 0 Å². The van der Waals surface area contributed by atoms with Crippen LogP contribution in [0.15, 0.2) is 479 Å². The molecule has 0 spiro atoms. The molecule has 0 unspecified atom stereocenters. The number of rotatable bonds is 16. The lowest BCUT2D eigenvalue weighted by Crippen LogP contribution is -2.02. The summed E-state index contributed by atoms with van der Waals surface area (Å²) in [4.78, 5) is 45.7. The van der Waals surface area contributed by atoms with Gasteiger partial charge in [0.1, 0.15) is 0 Å². The van der Waals surface area contributed by atoms with Gasteiger partial charge in [-0.15, -0.1) is 0 Å². The lowest BCUT2D eigenvalue weighted by atomic mass is 9.96. The molecule has 0 radical (unpaired) electrons. The molecule has 0 saturated heterocycles. The van der Waals surface area contributed by atoms with Gasteiger partial charge in [-0.1, -0.05) is 473 Å². The van der Waals surface area contributed by atoms with Gasteiger partial charge in [0.15, 0.2) is 52.4 Å². The number of hydrogen-bond donors (Lipinski definition) is 0. The molecule has 3 heterocycles. The molecule has 25 rings (SSSR count). The first-order valence-electron chi connectivity index (χ1n) is 45.8. The Labute approximate surface area is 785 Å². The van der Waals surface area contributed by atoms with Gasteiger partial charge in [0.2, 0.25) is 0 Å². The minimum Gasteiger partial charge on any atom is -0.208 e. The van der Waals surface area contributed by atoms with E-state index in [-0.39, 0.29) is 0 Å². The lowest BCUT2D eigenvalue weighted by molar-refractivity contribution is 1.07. The van der Waals surface area contributed by atoms with Crippen molar-refractivity contribution in [2.45, 2.75) is 19.3 Å². The van der Waals surface area contributed by atoms with Gasteiger partial charge in [-0.25, -0.2) is 44.9 Å². The highest BCUT2D eigenvalue weighted by molar-refractivity contribution is 5.93. The van der Waals surface area contributed by atoms with Crippen LogP contribution in [-0.4, -0.2) is 44.9 Å². The van der Waals surface area contributed by atoms with E-state index < -0.39 is 0 Å². The van der Waals surface area contributed by atoms with Crippen LogP contribution >= 0.6 is 0 Å². The van der Waals surface area contributed by atoms with Crippen LogP contribution in [0, 0.1) is 0 Å². The highest BCUT2D eigenvalue weighted by atomic mass is 15.1. The third-order valence-electron chi connectivity index (χ3n) is 25.9. The Bertz CT molecular complexity index is 7990.